The molecular formula is C4H7F3NOS-. The summed E-state index contributed by atoms with van der Waals surface area (Å²) in [4.78, 5) is 0. The first kappa shape index (κ1) is 10.1. The van der Waals surface area contributed by atoms with Crippen molar-refractivity contribution >= 4 is 11.9 Å². The molecule has 10 heavy (non-hydrogen) atoms. The summed E-state index contributed by atoms with van der Waals surface area (Å²) in [6.07, 6.45) is 0. The Balaban J connectivity index is 3.04. The molecule has 0 bridgehead atoms. The molecule has 6 heteroatoms. The fraction of sp³-hybridized carbons (Fsp3) is 1.00. The lowest BCUT2D eigenvalue weighted by Gasteiger charge is -2.19. The van der Waals surface area contributed by atoms with Gasteiger partial charge in [-0.05, 0) is 0 Å². The molecule has 2 nitrogen and oxygen atoms in total. The fourth-order valence-corrected chi connectivity index (χ4v) is 0.560. The van der Waals surface area contributed by atoms with Gasteiger partial charge in [0.1, 0.15) is 0 Å². The van der Waals surface area contributed by atoms with E-state index in [0.717, 1.165) is 0 Å². The van der Waals surface area contributed by atoms with Crippen molar-refractivity contribution < 1.29 is 17.9 Å². The van der Waals surface area contributed by atoms with E-state index in [1.807, 2.05) is 0 Å². The number of hydrogen-bond donors (Lipinski definition) is 0. The zero-order valence-corrected chi connectivity index (χ0v) is 6.13. The van der Waals surface area contributed by atoms with Gasteiger partial charge < -0.3 is 9.46 Å². The van der Waals surface area contributed by atoms with E-state index in [0.29, 0.717) is 0 Å². The summed E-state index contributed by atoms with van der Waals surface area (Å²) >= 11 is -0.381. The van der Waals surface area contributed by atoms with E-state index in [2.05, 4.69) is 9.46 Å². The Kier molecular flexibility index (Phi) is 4.84. The summed E-state index contributed by atoms with van der Waals surface area (Å²) in [6.45, 7) is 0.295. The highest BCUT2D eigenvalue weighted by Crippen LogP contribution is 2.33. The Morgan fingerprint density at radius 3 is 2.50 bits per heavy atom. The van der Waals surface area contributed by atoms with Crippen molar-refractivity contribution in [3.8, 4) is 0 Å². The minimum atomic E-state index is -4.26. The molecule has 0 spiro atoms. The molecule has 62 valence electrons. The smallest absolute Gasteiger partial charge is 0.423 e. The van der Waals surface area contributed by atoms with Gasteiger partial charge in [-0.25, -0.2) is 0 Å². The minimum Gasteiger partial charge on any atom is -0.597 e. The van der Waals surface area contributed by atoms with Gasteiger partial charge in [-0.2, -0.15) is 25.1 Å². The van der Waals surface area contributed by atoms with E-state index in [1.54, 1.807) is 0 Å². The molecule has 0 rings (SSSR count). The van der Waals surface area contributed by atoms with Gasteiger partial charge in [-0.15, -0.1) is 6.54 Å². The number of nitrogens with zero attached hydrogens (tertiary/aromatic N) is 1. The van der Waals surface area contributed by atoms with E-state index in [4.69, 9.17) is 0 Å². The topological polar surface area (TPSA) is 23.3 Å². The average molecular weight is 174 g/mol. The Bertz CT molecular complexity index is 87.1. The van der Waals surface area contributed by atoms with Crippen LogP contribution in [-0.2, 0) is 4.74 Å². The first-order valence-corrected chi connectivity index (χ1v) is 3.24. The third-order valence-corrected chi connectivity index (χ3v) is 1.07. The van der Waals surface area contributed by atoms with Gasteiger partial charge in [0.05, 0.1) is 0 Å². The standard InChI is InChI=1S/C4H7F3NOS/c1-9-3-2-8-10-4(5,6)7/h2-3H2,1H3/q-1. The van der Waals surface area contributed by atoms with Gasteiger partial charge in [0, 0.05) is 13.7 Å². The molecule has 0 aliphatic rings. The molecule has 0 atom stereocenters. The summed E-state index contributed by atoms with van der Waals surface area (Å²) in [5.41, 5.74) is -4.26. The maximum absolute atomic E-state index is 11.3. The third-order valence-electron chi connectivity index (χ3n) is 0.555. The molecule has 0 aromatic carbocycles. The van der Waals surface area contributed by atoms with Crippen molar-refractivity contribution in [3.63, 3.8) is 0 Å². The summed E-state index contributed by atoms with van der Waals surface area (Å²) in [7, 11) is 1.41. The van der Waals surface area contributed by atoms with Crippen molar-refractivity contribution in [1.29, 1.82) is 0 Å². The molecule has 0 aliphatic heterocycles. The number of alkyl halides is 3. The van der Waals surface area contributed by atoms with Crippen LogP contribution in [0.15, 0.2) is 0 Å². The maximum Gasteiger partial charge on any atom is 0.423 e. The van der Waals surface area contributed by atoms with Gasteiger partial charge in [0.15, 0.2) is 0 Å². The van der Waals surface area contributed by atoms with E-state index in [9.17, 15) is 13.2 Å². The van der Waals surface area contributed by atoms with Crippen LogP contribution in [0.1, 0.15) is 0 Å². The predicted molar refractivity (Wildman–Crippen MR) is 33.7 cm³/mol. The molecule has 0 heterocycles. The van der Waals surface area contributed by atoms with Crippen LogP contribution < -0.4 is 0 Å². The highest BCUT2D eigenvalue weighted by molar-refractivity contribution is 8.02. The average Bonchev–Trinajstić information content (AvgIpc) is 1.78. The van der Waals surface area contributed by atoms with E-state index in [-0.39, 0.29) is 25.1 Å². The normalized spacial score (nSPS) is 12.0. The SMILES string of the molecule is COCC[N-]SC(F)(F)F. The zero-order chi connectivity index (χ0) is 8.04. The van der Waals surface area contributed by atoms with Crippen molar-refractivity contribution in [2.45, 2.75) is 5.51 Å². The van der Waals surface area contributed by atoms with Crippen LogP contribution >= 0.6 is 11.9 Å². The molecule has 0 unspecified atom stereocenters. The third kappa shape index (κ3) is 8.06. The van der Waals surface area contributed by atoms with E-state index < -0.39 is 5.51 Å². The molecule has 0 amide bonds. The van der Waals surface area contributed by atoms with Crippen molar-refractivity contribution in [3.05, 3.63) is 4.72 Å². The minimum absolute atomic E-state index is 0.0701. The van der Waals surface area contributed by atoms with Crippen LogP contribution in [0.3, 0.4) is 0 Å². The van der Waals surface area contributed by atoms with Crippen molar-refractivity contribution in [2.75, 3.05) is 20.3 Å². The van der Waals surface area contributed by atoms with Gasteiger partial charge in [-0.3, -0.25) is 0 Å². The lowest BCUT2D eigenvalue weighted by molar-refractivity contribution is -0.0322. The van der Waals surface area contributed by atoms with Crippen molar-refractivity contribution in [2.24, 2.45) is 0 Å². The largest absolute Gasteiger partial charge is 0.597 e. The number of methoxy groups -OCH3 is 1. The second-order valence-electron chi connectivity index (χ2n) is 1.38. The van der Waals surface area contributed by atoms with Gasteiger partial charge >= 0.3 is 5.51 Å². The van der Waals surface area contributed by atoms with Gasteiger partial charge in [0.25, 0.3) is 0 Å². The number of halogens is 3. The molecule has 0 N–H and O–H groups in total. The molecule has 0 radical (unpaired) electrons. The Hall–Kier alpha value is 0.0600. The fourth-order valence-electron chi connectivity index (χ4n) is 0.247. The zero-order valence-electron chi connectivity index (χ0n) is 5.31. The van der Waals surface area contributed by atoms with Crippen LogP contribution in [0.2, 0.25) is 0 Å². The second-order valence-corrected chi connectivity index (χ2v) is 2.29. The molecule has 0 aliphatic carbocycles. The number of ether oxygens (including phenoxy) is 1. The summed E-state index contributed by atoms with van der Waals surface area (Å²) in [6, 6.07) is 0. The van der Waals surface area contributed by atoms with Crippen LogP contribution in [-0.4, -0.2) is 25.8 Å². The Morgan fingerprint density at radius 1 is 1.50 bits per heavy atom. The predicted octanol–water partition coefficient (Wildman–Crippen LogP) is 2.17. The first-order valence-electron chi connectivity index (χ1n) is 2.47. The first-order chi connectivity index (χ1) is 4.56. The van der Waals surface area contributed by atoms with Gasteiger partial charge in [0.2, 0.25) is 0 Å². The second kappa shape index (κ2) is 4.81. The molecular weight excluding hydrogens is 167 g/mol. The maximum atomic E-state index is 11.3. The molecule has 0 aromatic rings. The van der Waals surface area contributed by atoms with Crippen LogP contribution in [0.25, 0.3) is 4.72 Å². The monoisotopic (exact) mass is 174 g/mol. The lowest BCUT2D eigenvalue weighted by atomic mass is 10.7. The summed E-state index contributed by atoms with van der Waals surface area (Å²) in [5.74, 6) is 0. The Labute approximate surface area is 61.3 Å². The molecule has 0 saturated carbocycles. The quantitative estimate of drug-likeness (QED) is 0.481. The lowest BCUT2D eigenvalue weighted by Crippen LogP contribution is -2.00. The molecule has 0 aromatic heterocycles. The van der Waals surface area contributed by atoms with Crippen LogP contribution in [0, 0.1) is 0 Å². The van der Waals surface area contributed by atoms with Crippen LogP contribution in [0.5, 0.6) is 0 Å². The number of rotatable bonds is 4. The van der Waals surface area contributed by atoms with Crippen LogP contribution in [0.4, 0.5) is 13.2 Å². The summed E-state index contributed by atoms with van der Waals surface area (Å²) < 4.78 is 41.5. The Morgan fingerprint density at radius 2 is 2.10 bits per heavy atom. The highest BCUT2D eigenvalue weighted by atomic mass is 32.2. The van der Waals surface area contributed by atoms with E-state index in [1.165, 1.54) is 7.11 Å². The molecule has 0 fully saturated rings. The van der Waals surface area contributed by atoms with E-state index >= 15 is 0 Å². The molecule has 0 saturated heterocycles. The summed E-state index contributed by atoms with van der Waals surface area (Å²) in [5, 5.41) is 0. The highest BCUT2D eigenvalue weighted by Gasteiger charge is 2.21. The van der Waals surface area contributed by atoms with Gasteiger partial charge in [-0.1, -0.05) is 0 Å². The van der Waals surface area contributed by atoms with Crippen molar-refractivity contribution in [1.82, 2.24) is 0 Å². The number of hydrogen-bond acceptors (Lipinski definition) is 2.